The zero-order valence-electron chi connectivity index (χ0n) is 9.34. The van der Waals surface area contributed by atoms with E-state index in [9.17, 15) is 0 Å². The fourth-order valence-electron chi connectivity index (χ4n) is 2.91. The molecule has 0 aromatic carbocycles. The first-order valence-electron chi connectivity index (χ1n) is 6.27. The third-order valence-corrected chi connectivity index (χ3v) is 3.87. The van der Waals surface area contributed by atoms with Gasteiger partial charge in [-0.05, 0) is 44.9 Å². The van der Waals surface area contributed by atoms with E-state index in [1.54, 1.807) is 0 Å². The Labute approximate surface area is 88.0 Å². The summed E-state index contributed by atoms with van der Waals surface area (Å²) in [7, 11) is 0. The molecule has 2 unspecified atom stereocenters. The Morgan fingerprint density at radius 1 is 1.14 bits per heavy atom. The number of hydrogen-bond acceptors (Lipinski definition) is 1. The third-order valence-electron chi connectivity index (χ3n) is 3.87. The molecule has 80 valence electrons. The fourth-order valence-corrected chi connectivity index (χ4v) is 2.91. The summed E-state index contributed by atoms with van der Waals surface area (Å²) >= 11 is 0. The Kier molecular flexibility index (Phi) is 3.63. The van der Waals surface area contributed by atoms with Crippen LogP contribution in [0.3, 0.4) is 0 Å². The van der Waals surface area contributed by atoms with E-state index in [4.69, 9.17) is 0 Å². The van der Waals surface area contributed by atoms with Gasteiger partial charge >= 0.3 is 0 Å². The first-order chi connectivity index (χ1) is 6.86. The lowest BCUT2D eigenvalue weighted by atomic mass is 9.96. The average molecular weight is 193 g/mol. The monoisotopic (exact) mass is 193 g/mol. The summed E-state index contributed by atoms with van der Waals surface area (Å²) in [6.07, 6.45) is 14.3. The molecule has 2 atom stereocenters. The normalized spacial score (nSPS) is 30.8. The van der Waals surface area contributed by atoms with Gasteiger partial charge in [-0.25, -0.2) is 0 Å². The van der Waals surface area contributed by atoms with Gasteiger partial charge < -0.3 is 5.32 Å². The van der Waals surface area contributed by atoms with Gasteiger partial charge in [-0.1, -0.05) is 25.0 Å². The summed E-state index contributed by atoms with van der Waals surface area (Å²) in [5.41, 5.74) is 0. The van der Waals surface area contributed by atoms with Crippen LogP contribution in [0.1, 0.15) is 51.9 Å². The molecular formula is C13H23N. The van der Waals surface area contributed by atoms with Gasteiger partial charge in [0, 0.05) is 12.1 Å². The summed E-state index contributed by atoms with van der Waals surface area (Å²) in [6.45, 7) is 2.38. The van der Waals surface area contributed by atoms with Crippen molar-refractivity contribution in [2.45, 2.75) is 64.0 Å². The maximum Gasteiger partial charge on any atom is 0.0107 e. The molecule has 0 spiro atoms. The van der Waals surface area contributed by atoms with Crippen molar-refractivity contribution in [2.75, 3.05) is 0 Å². The largest absolute Gasteiger partial charge is 0.311 e. The molecule has 0 aromatic rings. The van der Waals surface area contributed by atoms with E-state index in [0.717, 1.165) is 18.0 Å². The molecule has 1 heteroatoms. The van der Waals surface area contributed by atoms with Crippen molar-refractivity contribution in [2.24, 2.45) is 5.92 Å². The van der Waals surface area contributed by atoms with Crippen molar-refractivity contribution in [3.8, 4) is 0 Å². The van der Waals surface area contributed by atoms with Gasteiger partial charge in [0.05, 0.1) is 0 Å². The molecule has 2 aliphatic carbocycles. The molecule has 0 bridgehead atoms. The summed E-state index contributed by atoms with van der Waals surface area (Å²) in [4.78, 5) is 0. The topological polar surface area (TPSA) is 12.0 Å². The molecule has 1 fully saturated rings. The summed E-state index contributed by atoms with van der Waals surface area (Å²) in [5.74, 6) is 0.959. The van der Waals surface area contributed by atoms with Crippen LogP contribution in [0, 0.1) is 5.92 Å². The van der Waals surface area contributed by atoms with Crippen LogP contribution in [0.5, 0.6) is 0 Å². The average Bonchev–Trinajstić information content (AvgIpc) is 2.72. The smallest absolute Gasteiger partial charge is 0.0107 e. The maximum atomic E-state index is 3.81. The van der Waals surface area contributed by atoms with Crippen LogP contribution in [0.25, 0.3) is 0 Å². The van der Waals surface area contributed by atoms with Crippen molar-refractivity contribution < 1.29 is 0 Å². The van der Waals surface area contributed by atoms with Crippen molar-refractivity contribution in [3.63, 3.8) is 0 Å². The molecule has 0 aliphatic heterocycles. The zero-order valence-corrected chi connectivity index (χ0v) is 9.34. The van der Waals surface area contributed by atoms with Crippen LogP contribution < -0.4 is 5.32 Å². The van der Waals surface area contributed by atoms with E-state index in [0.29, 0.717) is 0 Å². The van der Waals surface area contributed by atoms with Gasteiger partial charge in [-0.2, -0.15) is 0 Å². The maximum absolute atomic E-state index is 3.81. The van der Waals surface area contributed by atoms with Crippen LogP contribution in [-0.2, 0) is 0 Å². The predicted molar refractivity (Wildman–Crippen MR) is 61.3 cm³/mol. The Bertz CT molecular complexity index is 191. The Morgan fingerprint density at radius 3 is 2.57 bits per heavy atom. The van der Waals surface area contributed by atoms with Crippen molar-refractivity contribution in [3.05, 3.63) is 12.2 Å². The molecule has 1 nitrogen and oxygen atoms in total. The Hall–Kier alpha value is -0.300. The standard InChI is InChI=1S/C13H23N/c1-11(12-7-5-6-8-12)14-13-9-3-2-4-10-13/h2-3,11-14H,4-10H2,1H3. The first kappa shape index (κ1) is 10.2. The Balaban J connectivity index is 1.75. The van der Waals surface area contributed by atoms with Crippen LogP contribution >= 0.6 is 0 Å². The van der Waals surface area contributed by atoms with Crippen LogP contribution in [0.2, 0.25) is 0 Å². The van der Waals surface area contributed by atoms with Gasteiger partial charge in [0.2, 0.25) is 0 Å². The van der Waals surface area contributed by atoms with Gasteiger partial charge in [0.15, 0.2) is 0 Å². The number of rotatable bonds is 3. The van der Waals surface area contributed by atoms with Crippen LogP contribution in [0.15, 0.2) is 12.2 Å². The first-order valence-corrected chi connectivity index (χ1v) is 6.27. The summed E-state index contributed by atoms with van der Waals surface area (Å²) in [6, 6.07) is 1.50. The quantitative estimate of drug-likeness (QED) is 0.678. The van der Waals surface area contributed by atoms with Gasteiger partial charge in [0.1, 0.15) is 0 Å². The molecule has 0 saturated heterocycles. The minimum absolute atomic E-state index is 0.744. The SMILES string of the molecule is CC(NC1CC=CCC1)C1CCCC1. The second kappa shape index (κ2) is 4.97. The minimum atomic E-state index is 0.744. The molecule has 0 amide bonds. The molecular weight excluding hydrogens is 170 g/mol. The number of hydrogen-bond donors (Lipinski definition) is 1. The van der Waals surface area contributed by atoms with E-state index >= 15 is 0 Å². The van der Waals surface area contributed by atoms with E-state index in [2.05, 4.69) is 24.4 Å². The molecule has 0 heterocycles. The molecule has 2 rings (SSSR count). The molecule has 14 heavy (non-hydrogen) atoms. The highest BCUT2D eigenvalue weighted by molar-refractivity contribution is 4.94. The molecule has 2 aliphatic rings. The highest BCUT2D eigenvalue weighted by atomic mass is 14.9. The fraction of sp³-hybridized carbons (Fsp3) is 0.846. The van der Waals surface area contributed by atoms with E-state index < -0.39 is 0 Å². The molecule has 0 aromatic heterocycles. The predicted octanol–water partition coefficient (Wildman–Crippen LogP) is 3.26. The highest BCUT2D eigenvalue weighted by Gasteiger charge is 2.23. The molecule has 1 saturated carbocycles. The lowest BCUT2D eigenvalue weighted by Crippen LogP contribution is -2.40. The Morgan fingerprint density at radius 2 is 1.93 bits per heavy atom. The van der Waals surface area contributed by atoms with Crippen molar-refractivity contribution >= 4 is 0 Å². The van der Waals surface area contributed by atoms with E-state index in [-0.39, 0.29) is 0 Å². The van der Waals surface area contributed by atoms with E-state index in [1.165, 1.54) is 44.9 Å². The van der Waals surface area contributed by atoms with Gasteiger partial charge in [-0.3, -0.25) is 0 Å². The number of nitrogens with one attached hydrogen (secondary N) is 1. The minimum Gasteiger partial charge on any atom is -0.311 e. The number of allylic oxidation sites excluding steroid dienone is 1. The van der Waals surface area contributed by atoms with Crippen molar-refractivity contribution in [1.82, 2.24) is 5.32 Å². The van der Waals surface area contributed by atoms with Crippen molar-refractivity contribution in [1.29, 1.82) is 0 Å². The summed E-state index contributed by atoms with van der Waals surface area (Å²) < 4.78 is 0. The highest BCUT2D eigenvalue weighted by Crippen LogP contribution is 2.28. The lowest BCUT2D eigenvalue weighted by Gasteiger charge is -2.27. The zero-order chi connectivity index (χ0) is 9.80. The molecule has 1 N–H and O–H groups in total. The van der Waals surface area contributed by atoms with E-state index in [1.807, 2.05) is 0 Å². The van der Waals surface area contributed by atoms with Crippen LogP contribution in [0.4, 0.5) is 0 Å². The second-order valence-electron chi connectivity index (χ2n) is 4.98. The third kappa shape index (κ3) is 2.60. The summed E-state index contributed by atoms with van der Waals surface area (Å²) in [5, 5.41) is 3.81. The van der Waals surface area contributed by atoms with Gasteiger partial charge in [-0.15, -0.1) is 0 Å². The lowest BCUT2D eigenvalue weighted by molar-refractivity contribution is 0.329. The molecule has 0 radical (unpaired) electrons. The van der Waals surface area contributed by atoms with Crippen LogP contribution in [-0.4, -0.2) is 12.1 Å². The van der Waals surface area contributed by atoms with Gasteiger partial charge in [0.25, 0.3) is 0 Å². The second-order valence-corrected chi connectivity index (χ2v) is 4.98.